The van der Waals surface area contributed by atoms with E-state index < -0.39 is 5.60 Å². The molecule has 0 heterocycles. The fraction of sp³-hybridized carbons (Fsp3) is 0.909. The maximum atomic E-state index is 11.2. The standard InChI is InChI=1S/C11H21BrO3/c1-11(2,3)15-10(13)9-14-8-6-4-5-7-12/h4-9H2,1-3H3. The van der Waals surface area contributed by atoms with Gasteiger partial charge in [-0.25, -0.2) is 4.79 Å². The first-order chi connectivity index (χ1) is 6.95. The summed E-state index contributed by atoms with van der Waals surface area (Å²) in [6.45, 7) is 6.24. The number of hydrogen-bond donors (Lipinski definition) is 0. The van der Waals surface area contributed by atoms with E-state index in [1.165, 1.54) is 0 Å². The van der Waals surface area contributed by atoms with Crippen LogP contribution < -0.4 is 0 Å². The molecule has 0 aliphatic heterocycles. The molecule has 0 saturated heterocycles. The van der Waals surface area contributed by atoms with Crippen LogP contribution in [0.3, 0.4) is 0 Å². The Labute approximate surface area is 101 Å². The molecule has 4 heteroatoms. The van der Waals surface area contributed by atoms with E-state index in [0.29, 0.717) is 6.61 Å². The molecule has 0 aliphatic carbocycles. The predicted octanol–water partition coefficient (Wildman–Crippen LogP) is 2.91. The van der Waals surface area contributed by atoms with Crippen LogP contribution in [0, 0.1) is 0 Å². The van der Waals surface area contributed by atoms with Gasteiger partial charge in [0.15, 0.2) is 0 Å². The summed E-state index contributed by atoms with van der Waals surface area (Å²) in [6.07, 6.45) is 3.27. The zero-order valence-corrected chi connectivity index (χ0v) is 11.4. The van der Waals surface area contributed by atoms with Crippen molar-refractivity contribution in [1.82, 2.24) is 0 Å². The van der Waals surface area contributed by atoms with E-state index in [2.05, 4.69) is 15.9 Å². The van der Waals surface area contributed by atoms with Crippen LogP contribution in [-0.2, 0) is 14.3 Å². The smallest absolute Gasteiger partial charge is 0.332 e. The Hall–Kier alpha value is -0.0900. The molecule has 0 atom stereocenters. The van der Waals surface area contributed by atoms with Gasteiger partial charge in [-0.15, -0.1) is 0 Å². The highest BCUT2D eigenvalue weighted by atomic mass is 79.9. The number of halogens is 1. The van der Waals surface area contributed by atoms with Gasteiger partial charge in [-0.1, -0.05) is 22.4 Å². The van der Waals surface area contributed by atoms with Crippen molar-refractivity contribution in [1.29, 1.82) is 0 Å². The molecule has 0 bridgehead atoms. The van der Waals surface area contributed by atoms with Crippen molar-refractivity contribution in [2.75, 3.05) is 18.5 Å². The molecule has 0 aromatic heterocycles. The van der Waals surface area contributed by atoms with Crippen molar-refractivity contribution in [3.05, 3.63) is 0 Å². The molecule has 0 aromatic carbocycles. The van der Waals surface area contributed by atoms with Gasteiger partial charge in [-0.2, -0.15) is 0 Å². The largest absolute Gasteiger partial charge is 0.458 e. The van der Waals surface area contributed by atoms with E-state index in [1.807, 2.05) is 20.8 Å². The second kappa shape index (κ2) is 8.11. The highest BCUT2D eigenvalue weighted by molar-refractivity contribution is 9.09. The van der Waals surface area contributed by atoms with Crippen LogP contribution in [-0.4, -0.2) is 30.1 Å². The predicted molar refractivity (Wildman–Crippen MR) is 64.3 cm³/mol. The highest BCUT2D eigenvalue weighted by Crippen LogP contribution is 2.07. The molecule has 0 unspecified atom stereocenters. The maximum absolute atomic E-state index is 11.2. The Balaban J connectivity index is 3.32. The first-order valence-electron chi connectivity index (χ1n) is 5.31. The van der Waals surface area contributed by atoms with E-state index in [0.717, 1.165) is 24.6 Å². The Kier molecular flexibility index (Phi) is 8.06. The van der Waals surface area contributed by atoms with E-state index >= 15 is 0 Å². The summed E-state index contributed by atoms with van der Waals surface area (Å²) in [5.74, 6) is -0.289. The summed E-state index contributed by atoms with van der Waals surface area (Å²) in [5, 5.41) is 1.03. The van der Waals surface area contributed by atoms with Crippen molar-refractivity contribution in [3.63, 3.8) is 0 Å². The van der Waals surface area contributed by atoms with Gasteiger partial charge < -0.3 is 9.47 Å². The summed E-state index contributed by atoms with van der Waals surface area (Å²) in [4.78, 5) is 11.2. The molecule has 15 heavy (non-hydrogen) atoms. The number of rotatable bonds is 7. The second-order valence-electron chi connectivity index (χ2n) is 4.39. The van der Waals surface area contributed by atoms with Crippen molar-refractivity contribution < 1.29 is 14.3 Å². The lowest BCUT2D eigenvalue weighted by Gasteiger charge is -2.19. The van der Waals surface area contributed by atoms with Crippen LogP contribution >= 0.6 is 15.9 Å². The molecule has 0 aliphatic rings. The molecule has 3 nitrogen and oxygen atoms in total. The zero-order chi connectivity index (χ0) is 11.7. The van der Waals surface area contributed by atoms with Gasteiger partial charge in [0.05, 0.1) is 0 Å². The third-order valence-electron chi connectivity index (χ3n) is 1.56. The van der Waals surface area contributed by atoms with E-state index in [-0.39, 0.29) is 12.6 Å². The normalized spacial score (nSPS) is 11.5. The van der Waals surface area contributed by atoms with Gasteiger partial charge in [0.2, 0.25) is 0 Å². The fourth-order valence-electron chi connectivity index (χ4n) is 1.00. The lowest BCUT2D eigenvalue weighted by Crippen LogP contribution is -2.26. The SMILES string of the molecule is CC(C)(C)OC(=O)COCCCCCBr. The topological polar surface area (TPSA) is 35.5 Å². The molecule has 0 saturated carbocycles. The van der Waals surface area contributed by atoms with Gasteiger partial charge in [0.25, 0.3) is 0 Å². The van der Waals surface area contributed by atoms with Gasteiger partial charge in [0.1, 0.15) is 12.2 Å². The molecule has 0 N–H and O–H groups in total. The third kappa shape index (κ3) is 11.8. The minimum atomic E-state index is -0.420. The number of hydrogen-bond acceptors (Lipinski definition) is 3. The van der Waals surface area contributed by atoms with Crippen LogP contribution in [0.5, 0.6) is 0 Å². The molecular weight excluding hydrogens is 260 g/mol. The summed E-state index contributed by atoms with van der Waals surface area (Å²) < 4.78 is 10.3. The van der Waals surface area contributed by atoms with Gasteiger partial charge in [-0.05, 0) is 33.6 Å². The molecule has 0 fully saturated rings. The number of unbranched alkanes of at least 4 members (excludes halogenated alkanes) is 2. The summed E-state index contributed by atoms with van der Waals surface area (Å²) in [7, 11) is 0. The lowest BCUT2D eigenvalue weighted by molar-refractivity contribution is -0.160. The monoisotopic (exact) mass is 280 g/mol. The number of esters is 1. The zero-order valence-electron chi connectivity index (χ0n) is 9.85. The highest BCUT2D eigenvalue weighted by Gasteiger charge is 2.15. The van der Waals surface area contributed by atoms with E-state index in [4.69, 9.17) is 9.47 Å². The molecule has 0 radical (unpaired) electrons. The number of carbonyl (C=O) groups is 1. The van der Waals surface area contributed by atoms with Gasteiger partial charge in [0, 0.05) is 11.9 Å². The molecular formula is C11H21BrO3. The van der Waals surface area contributed by atoms with Crippen molar-refractivity contribution >= 4 is 21.9 Å². The first-order valence-corrected chi connectivity index (χ1v) is 6.43. The molecule has 0 aromatic rings. The second-order valence-corrected chi connectivity index (χ2v) is 5.18. The van der Waals surface area contributed by atoms with Crippen molar-refractivity contribution in [2.24, 2.45) is 0 Å². The van der Waals surface area contributed by atoms with E-state index in [1.54, 1.807) is 0 Å². The van der Waals surface area contributed by atoms with Crippen LogP contribution in [0.2, 0.25) is 0 Å². The minimum absolute atomic E-state index is 0.0611. The quantitative estimate of drug-likeness (QED) is 0.409. The number of ether oxygens (including phenoxy) is 2. The van der Waals surface area contributed by atoms with Gasteiger partial charge >= 0.3 is 5.97 Å². The molecule has 0 spiro atoms. The summed E-state index contributed by atoms with van der Waals surface area (Å²) >= 11 is 3.36. The summed E-state index contributed by atoms with van der Waals surface area (Å²) in [6, 6.07) is 0. The van der Waals surface area contributed by atoms with E-state index in [9.17, 15) is 4.79 Å². The Bertz CT molecular complexity index is 175. The maximum Gasteiger partial charge on any atom is 0.332 e. The average molecular weight is 281 g/mol. The van der Waals surface area contributed by atoms with Crippen LogP contribution in [0.1, 0.15) is 40.0 Å². The minimum Gasteiger partial charge on any atom is -0.458 e. The Morgan fingerprint density at radius 2 is 1.87 bits per heavy atom. The molecule has 90 valence electrons. The van der Waals surface area contributed by atoms with Crippen LogP contribution in [0.4, 0.5) is 0 Å². The van der Waals surface area contributed by atoms with Crippen molar-refractivity contribution in [2.45, 2.75) is 45.6 Å². The average Bonchev–Trinajstić information content (AvgIpc) is 2.08. The first kappa shape index (κ1) is 14.9. The number of alkyl halides is 1. The Morgan fingerprint density at radius 1 is 1.20 bits per heavy atom. The van der Waals surface area contributed by atoms with Crippen LogP contribution in [0.25, 0.3) is 0 Å². The fourth-order valence-corrected chi connectivity index (χ4v) is 1.40. The summed E-state index contributed by atoms with van der Waals surface area (Å²) in [5.41, 5.74) is -0.420. The third-order valence-corrected chi connectivity index (χ3v) is 2.12. The van der Waals surface area contributed by atoms with Crippen molar-refractivity contribution in [3.8, 4) is 0 Å². The van der Waals surface area contributed by atoms with Gasteiger partial charge in [-0.3, -0.25) is 0 Å². The lowest BCUT2D eigenvalue weighted by atomic mass is 10.2. The Morgan fingerprint density at radius 3 is 2.40 bits per heavy atom. The molecule has 0 rings (SSSR count). The number of carbonyl (C=O) groups excluding carboxylic acids is 1. The van der Waals surface area contributed by atoms with Crippen LogP contribution in [0.15, 0.2) is 0 Å². The molecule has 0 amide bonds.